The van der Waals surface area contributed by atoms with Crippen LogP contribution in [0.5, 0.6) is 0 Å². The fraction of sp³-hybridized carbons (Fsp3) is 0.786. The van der Waals surface area contributed by atoms with Gasteiger partial charge in [0.05, 0.1) is 7.85 Å². The molecule has 2 radical (unpaired) electrons. The molecule has 2 N–H and O–H groups in total. The number of guanidine groups is 1. The number of rotatable bonds is 3. The first-order valence-electron chi connectivity index (χ1n) is 7.17. The summed E-state index contributed by atoms with van der Waals surface area (Å²) in [6.07, 6.45) is -0.351. The van der Waals surface area contributed by atoms with Crippen LogP contribution >= 0.6 is 0 Å². The molecule has 124 valence electrons. The second-order valence-electron chi connectivity index (χ2n) is 6.63. The quantitative estimate of drug-likeness (QED) is 0.362. The number of carbonyl (C=O) groups is 2. The molecular formula is C14H26BN3O4. The van der Waals surface area contributed by atoms with Crippen molar-refractivity contribution < 1.29 is 19.1 Å². The fourth-order valence-corrected chi connectivity index (χ4v) is 1.19. The van der Waals surface area contributed by atoms with Gasteiger partial charge in [0.15, 0.2) is 0 Å². The molecule has 7 nitrogen and oxygen atoms in total. The van der Waals surface area contributed by atoms with Crippen LogP contribution in [0.25, 0.3) is 0 Å². The highest BCUT2D eigenvalue weighted by atomic mass is 16.6. The minimum atomic E-state index is -0.713. The number of carbonyl (C=O) groups excluding carboxylic acids is 2. The predicted octanol–water partition coefficient (Wildman–Crippen LogP) is 2.37. The van der Waals surface area contributed by atoms with Crippen molar-refractivity contribution in [3.8, 4) is 0 Å². The van der Waals surface area contributed by atoms with Gasteiger partial charge in [-0.15, -0.1) is 0 Å². The van der Waals surface area contributed by atoms with Crippen LogP contribution in [0.3, 0.4) is 0 Å². The van der Waals surface area contributed by atoms with E-state index >= 15 is 0 Å². The highest BCUT2D eigenvalue weighted by molar-refractivity contribution is 6.08. The van der Waals surface area contributed by atoms with E-state index < -0.39 is 23.4 Å². The van der Waals surface area contributed by atoms with Crippen LogP contribution in [0.15, 0.2) is 4.99 Å². The van der Waals surface area contributed by atoms with Crippen molar-refractivity contribution in [1.82, 2.24) is 10.6 Å². The molecule has 0 rings (SSSR count). The number of ether oxygens (including phenoxy) is 2. The smallest absolute Gasteiger partial charge is 0.414 e. The first-order valence-corrected chi connectivity index (χ1v) is 7.17. The number of alkyl carbamates (subject to hydrolysis) is 2. The van der Waals surface area contributed by atoms with Crippen molar-refractivity contribution in [3.63, 3.8) is 0 Å². The lowest BCUT2D eigenvalue weighted by molar-refractivity contribution is 0.0545. The second-order valence-corrected chi connectivity index (χ2v) is 6.63. The molecule has 0 bridgehead atoms. The number of aliphatic imine (C=N–C) groups is 1. The largest absolute Gasteiger partial charge is 0.444 e. The van der Waals surface area contributed by atoms with E-state index in [-0.39, 0.29) is 5.96 Å². The molecule has 22 heavy (non-hydrogen) atoms. The van der Waals surface area contributed by atoms with E-state index in [1.807, 2.05) is 0 Å². The SMILES string of the molecule is [B]CCCN=C(NC(=O)OC(C)(C)C)NC(=O)OC(C)(C)C. The predicted molar refractivity (Wildman–Crippen MR) is 86.2 cm³/mol. The molecule has 0 fully saturated rings. The Kier molecular flexibility index (Phi) is 7.97. The van der Waals surface area contributed by atoms with E-state index in [1.165, 1.54) is 0 Å². The van der Waals surface area contributed by atoms with Crippen LogP contribution in [0.4, 0.5) is 9.59 Å². The Labute approximate surface area is 133 Å². The van der Waals surface area contributed by atoms with Crippen LogP contribution in [0, 0.1) is 0 Å². The molecule has 0 aliphatic carbocycles. The molecule has 8 heteroatoms. The summed E-state index contributed by atoms with van der Waals surface area (Å²) in [6, 6.07) is 0. The van der Waals surface area contributed by atoms with Crippen LogP contribution in [-0.4, -0.2) is 43.7 Å². The van der Waals surface area contributed by atoms with E-state index in [0.717, 1.165) is 0 Å². The minimum absolute atomic E-state index is 0.0306. The first kappa shape index (κ1) is 20.3. The summed E-state index contributed by atoms with van der Waals surface area (Å²) < 4.78 is 10.2. The van der Waals surface area contributed by atoms with Gasteiger partial charge in [0.2, 0.25) is 5.96 Å². The molecule has 0 saturated carbocycles. The van der Waals surface area contributed by atoms with E-state index in [4.69, 9.17) is 17.3 Å². The third-order valence-corrected chi connectivity index (χ3v) is 1.87. The molecule has 0 aliphatic rings. The van der Waals surface area contributed by atoms with Gasteiger partial charge >= 0.3 is 12.2 Å². The summed E-state index contributed by atoms with van der Waals surface area (Å²) in [5.74, 6) is -0.0306. The van der Waals surface area contributed by atoms with Gasteiger partial charge in [-0.1, -0.05) is 6.32 Å². The summed E-state index contributed by atoms with van der Waals surface area (Å²) in [7, 11) is 5.39. The van der Waals surface area contributed by atoms with Gasteiger partial charge in [-0.25, -0.2) is 9.59 Å². The van der Waals surface area contributed by atoms with Crippen LogP contribution in [0.2, 0.25) is 6.32 Å². The highest BCUT2D eigenvalue weighted by Gasteiger charge is 2.20. The lowest BCUT2D eigenvalue weighted by Gasteiger charge is -2.22. The van der Waals surface area contributed by atoms with Crippen molar-refractivity contribution in [2.45, 2.75) is 65.5 Å². The van der Waals surface area contributed by atoms with Gasteiger partial charge in [0, 0.05) is 6.54 Å². The van der Waals surface area contributed by atoms with Gasteiger partial charge in [0.1, 0.15) is 11.2 Å². The van der Waals surface area contributed by atoms with Crippen molar-refractivity contribution in [2.24, 2.45) is 4.99 Å². The number of hydrogen-bond acceptors (Lipinski definition) is 5. The Morgan fingerprint density at radius 1 is 0.955 bits per heavy atom. The lowest BCUT2D eigenvalue weighted by Crippen LogP contribution is -2.47. The zero-order chi connectivity index (χ0) is 17.4. The molecule has 0 saturated heterocycles. The van der Waals surface area contributed by atoms with Crippen molar-refractivity contribution >= 4 is 26.0 Å². The number of amides is 2. The van der Waals surface area contributed by atoms with E-state index in [0.29, 0.717) is 19.3 Å². The summed E-state index contributed by atoms with van der Waals surface area (Å²) >= 11 is 0. The Morgan fingerprint density at radius 3 is 1.68 bits per heavy atom. The average Bonchev–Trinajstić information content (AvgIpc) is 2.23. The Hall–Kier alpha value is -1.73. The summed E-state index contributed by atoms with van der Waals surface area (Å²) in [6.45, 7) is 10.8. The maximum absolute atomic E-state index is 11.7. The van der Waals surface area contributed by atoms with Crippen LogP contribution in [-0.2, 0) is 9.47 Å². The van der Waals surface area contributed by atoms with Crippen molar-refractivity contribution in [3.05, 3.63) is 0 Å². The average molecular weight is 311 g/mol. The molecule has 0 atom stereocenters. The topological polar surface area (TPSA) is 89.0 Å². The highest BCUT2D eigenvalue weighted by Crippen LogP contribution is 2.07. The molecule has 0 aromatic rings. The number of nitrogens with one attached hydrogen (secondary N) is 2. The van der Waals surface area contributed by atoms with E-state index in [2.05, 4.69) is 15.6 Å². The molecule has 0 aliphatic heterocycles. The summed E-state index contributed by atoms with van der Waals surface area (Å²) in [4.78, 5) is 27.5. The van der Waals surface area contributed by atoms with Gasteiger partial charge < -0.3 is 9.47 Å². The molecule has 0 spiro atoms. The maximum atomic E-state index is 11.7. The lowest BCUT2D eigenvalue weighted by atomic mass is 10.0. The fourth-order valence-electron chi connectivity index (χ4n) is 1.19. The van der Waals surface area contributed by atoms with Crippen LogP contribution in [0.1, 0.15) is 48.0 Å². The van der Waals surface area contributed by atoms with Gasteiger partial charge in [0.25, 0.3) is 0 Å². The normalized spacial score (nSPS) is 11.4. The molecule has 2 amide bonds. The monoisotopic (exact) mass is 311 g/mol. The molecule has 0 unspecified atom stereocenters. The molecule has 0 aromatic carbocycles. The number of nitrogens with zero attached hydrogens (tertiary/aromatic N) is 1. The van der Waals surface area contributed by atoms with Gasteiger partial charge in [-0.2, -0.15) is 0 Å². The van der Waals surface area contributed by atoms with Crippen LogP contribution < -0.4 is 10.6 Å². The third kappa shape index (κ3) is 12.0. The Balaban J connectivity index is 4.73. The molecule has 0 aromatic heterocycles. The Morgan fingerprint density at radius 2 is 1.36 bits per heavy atom. The standard InChI is InChI=1S/C14H26BN3O4/c1-13(2,3)21-11(19)17-10(16-9-7-8-15)18-12(20)22-14(4,5)6/h7-9H2,1-6H3,(H2,16,17,18,19,20). The van der Waals surface area contributed by atoms with Gasteiger partial charge in [-0.3, -0.25) is 15.6 Å². The van der Waals surface area contributed by atoms with Gasteiger partial charge in [-0.05, 0) is 48.0 Å². The van der Waals surface area contributed by atoms with E-state index in [9.17, 15) is 9.59 Å². The number of hydrogen-bond donors (Lipinski definition) is 2. The second kappa shape index (κ2) is 8.65. The van der Waals surface area contributed by atoms with E-state index in [1.54, 1.807) is 41.5 Å². The summed E-state index contributed by atoms with van der Waals surface area (Å²) in [5.41, 5.74) is -1.31. The zero-order valence-electron chi connectivity index (χ0n) is 14.3. The summed E-state index contributed by atoms with van der Waals surface area (Å²) in [5, 5.41) is 4.77. The zero-order valence-corrected chi connectivity index (χ0v) is 14.3. The molecule has 0 heterocycles. The Bertz CT molecular complexity index is 379. The van der Waals surface area contributed by atoms with Crippen molar-refractivity contribution in [1.29, 1.82) is 0 Å². The maximum Gasteiger partial charge on any atom is 0.414 e. The molecular weight excluding hydrogens is 285 g/mol. The van der Waals surface area contributed by atoms with Crippen molar-refractivity contribution in [2.75, 3.05) is 6.54 Å². The minimum Gasteiger partial charge on any atom is -0.444 e. The first-order chi connectivity index (χ1) is 9.93. The third-order valence-electron chi connectivity index (χ3n) is 1.87.